The van der Waals surface area contributed by atoms with Gasteiger partial charge in [0.2, 0.25) is 5.13 Å². The number of carboxylic acid groups (broad SMARTS) is 1. The number of anilines is 1. The van der Waals surface area contributed by atoms with Crippen LogP contribution < -0.4 is 4.90 Å². The zero-order valence-corrected chi connectivity index (χ0v) is 10.0. The van der Waals surface area contributed by atoms with Crippen LogP contribution in [0.4, 0.5) is 5.13 Å². The van der Waals surface area contributed by atoms with Gasteiger partial charge in [-0.25, -0.2) is 4.98 Å². The van der Waals surface area contributed by atoms with Gasteiger partial charge in [-0.3, -0.25) is 4.79 Å². The van der Waals surface area contributed by atoms with Gasteiger partial charge in [0, 0.05) is 37.5 Å². The molecule has 2 heterocycles. The summed E-state index contributed by atoms with van der Waals surface area (Å²) in [5.74, 6) is 0.423. The molecule has 2 rings (SSSR count). The first kappa shape index (κ1) is 11.3. The smallest absolute Gasteiger partial charge is 0.303 e. The summed E-state index contributed by atoms with van der Waals surface area (Å²) in [4.78, 5) is 17.2. The molecule has 1 aromatic heterocycles. The van der Waals surface area contributed by atoms with Crippen LogP contribution in [0.1, 0.15) is 25.6 Å². The second-order valence-corrected chi connectivity index (χ2v) is 4.78. The molecule has 0 aromatic carbocycles. The molecule has 1 aromatic rings. The lowest BCUT2D eigenvalue weighted by atomic mass is 10.1. The molecule has 1 saturated heterocycles. The number of hydrogen-bond donors (Lipinski definition) is 1. The maximum atomic E-state index is 10.6. The number of aryl methyl sites for hydroxylation is 1. The van der Waals surface area contributed by atoms with Crippen molar-refractivity contribution in [3.05, 3.63) is 5.82 Å². The van der Waals surface area contributed by atoms with E-state index in [4.69, 9.17) is 5.11 Å². The van der Waals surface area contributed by atoms with E-state index in [1.165, 1.54) is 11.5 Å². The quantitative estimate of drug-likeness (QED) is 0.863. The second kappa shape index (κ2) is 4.78. The molecule has 0 bridgehead atoms. The van der Waals surface area contributed by atoms with Crippen LogP contribution in [0.5, 0.6) is 0 Å². The van der Waals surface area contributed by atoms with E-state index in [1.807, 2.05) is 6.92 Å². The fraction of sp³-hybridized carbons (Fsp3) is 0.700. The second-order valence-electron chi connectivity index (χ2n) is 4.05. The Morgan fingerprint density at radius 3 is 3.12 bits per heavy atom. The molecular formula is C10H15N3O2S. The third-order valence-corrected chi connectivity index (χ3v) is 3.61. The minimum Gasteiger partial charge on any atom is -0.481 e. The lowest BCUT2D eigenvalue weighted by Gasteiger charge is -2.13. The van der Waals surface area contributed by atoms with E-state index in [9.17, 15) is 4.79 Å². The number of carbonyl (C=O) groups is 1. The molecule has 1 atom stereocenters. The minimum absolute atomic E-state index is 0.256. The first-order valence-electron chi connectivity index (χ1n) is 5.48. The zero-order chi connectivity index (χ0) is 11.5. The van der Waals surface area contributed by atoms with E-state index < -0.39 is 5.97 Å². The first-order valence-corrected chi connectivity index (χ1v) is 6.25. The molecule has 0 spiro atoms. The summed E-state index contributed by atoms with van der Waals surface area (Å²) in [6, 6.07) is 0. The lowest BCUT2D eigenvalue weighted by molar-refractivity contribution is -0.137. The van der Waals surface area contributed by atoms with Crippen molar-refractivity contribution in [3.63, 3.8) is 0 Å². The van der Waals surface area contributed by atoms with Crippen LogP contribution in [-0.2, 0) is 11.2 Å². The van der Waals surface area contributed by atoms with Crippen LogP contribution >= 0.6 is 11.5 Å². The van der Waals surface area contributed by atoms with Gasteiger partial charge in [0.05, 0.1) is 0 Å². The predicted octanol–water partition coefficient (Wildman–Crippen LogP) is 1.40. The van der Waals surface area contributed by atoms with Gasteiger partial charge in [-0.15, -0.1) is 0 Å². The van der Waals surface area contributed by atoms with Crippen molar-refractivity contribution in [2.45, 2.75) is 26.2 Å². The summed E-state index contributed by atoms with van der Waals surface area (Å²) in [5, 5.41) is 9.66. The molecule has 0 aliphatic carbocycles. The molecule has 0 amide bonds. The average Bonchev–Trinajstić information content (AvgIpc) is 2.83. The maximum absolute atomic E-state index is 10.6. The SMILES string of the molecule is CCc1nsc(N2CCC(CC(=O)O)C2)n1. The fourth-order valence-electron chi connectivity index (χ4n) is 1.94. The predicted molar refractivity (Wildman–Crippen MR) is 61.9 cm³/mol. The number of nitrogens with zero attached hydrogens (tertiary/aromatic N) is 3. The van der Waals surface area contributed by atoms with E-state index in [1.54, 1.807) is 0 Å². The normalized spacial score (nSPS) is 20.3. The lowest BCUT2D eigenvalue weighted by Crippen LogP contribution is -2.20. The molecule has 1 aliphatic heterocycles. The van der Waals surface area contributed by atoms with Crippen molar-refractivity contribution in [2.24, 2.45) is 5.92 Å². The number of rotatable bonds is 4. The third-order valence-electron chi connectivity index (χ3n) is 2.79. The summed E-state index contributed by atoms with van der Waals surface area (Å²) in [6.45, 7) is 3.73. The Morgan fingerprint density at radius 2 is 2.50 bits per heavy atom. The summed E-state index contributed by atoms with van der Waals surface area (Å²) < 4.78 is 4.24. The summed E-state index contributed by atoms with van der Waals surface area (Å²) in [5.41, 5.74) is 0. The first-order chi connectivity index (χ1) is 7.69. The monoisotopic (exact) mass is 241 g/mol. The third kappa shape index (κ3) is 2.49. The van der Waals surface area contributed by atoms with Gasteiger partial charge in [0.25, 0.3) is 0 Å². The molecule has 16 heavy (non-hydrogen) atoms. The van der Waals surface area contributed by atoms with Crippen molar-refractivity contribution in [1.82, 2.24) is 9.36 Å². The van der Waals surface area contributed by atoms with Crippen LogP contribution in [0.3, 0.4) is 0 Å². The van der Waals surface area contributed by atoms with Gasteiger partial charge in [-0.2, -0.15) is 4.37 Å². The van der Waals surface area contributed by atoms with Crippen LogP contribution in [0.25, 0.3) is 0 Å². The molecule has 5 nitrogen and oxygen atoms in total. The Labute approximate surface area is 98.3 Å². The molecule has 6 heteroatoms. The van der Waals surface area contributed by atoms with E-state index in [2.05, 4.69) is 14.3 Å². The molecule has 1 unspecified atom stereocenters. The van der Waals surface area contributed by atoms with Crippen molar-refractivity contribution in [2.75, 3.05) is 18.0 Å². The number of hydrogen-bond acceptors (Lipinski definition) is 5. The highest BCUT2D eigenvalue weighted by molar-refractivity contribution is 7.09. The largest absolute Gasteiger partial charge is 0.481 e. The summed E-state index contributed by atoms with van der Waals surface area (Å²) in [7, 11) is 0. The number of aliphatic carboxylic acids is 1. The highest BCUT2D eigenvalue weighted by atomic mass is 32.1. The maximum Gasteiger partial charge on any atom is 0.303 e. The van der Waals surface area contributed by atoms with Crippen molar-refractivity contribution >= 4 is 22.6 Å². The van der Waals surface area contributed by atoms with Crippen LogP contribution in [0.2, 0.25) is 0 Å². The zero-order valence-electron chi connectivity index (χ0n) is 9.22. The molecule has 0 saturated carbocycles. The van der Waals surface area contributed by atoms with Gasteiger partial charge in [-0.1, -0.05) is 6.92 Å². The molecule has 1 N–H and O–H groups in total. The number of aromatic nitrogens is 2. The van der Waals surface area contributed by atoms with Gasteiger partial charge in [0.1, 0.15) is 5.82 Å². The summed E-state index contributed by atoms with van der Waals surface area (Å²) >= 11 is 1.41. The fourth-order valence-corrected chi connectivity index (χ4v) is 2.72. The summed E-state index contributed by atoms with van der Waals surface area (Å²) in [6.07, 6.45) is 2.05. The Hall–Kier alpha value is -1.17. The van der Waals surface area contributed by atoms with E-state index in [-0.39, 0.29) is 12.3 Å². The van der Waals surface area contributed by atoms with Gasteiger partial charge < -0.3 is 10.0 Å². The Morgan fingerprint density at radius 1 is 1.69 bits per heavy atom. The minimum atomic E-state index is -0.710. The molecule has 88 valence electrons. The molecule has 1 fully saturated rings. The van der Waals surface area contributed by atoms with E-state index in [0.717, 1.165) is 36.9 Å². The van der Waals surface area contributed by atoms with Crippen molar-refractivity contribution in [1.29, 1.82) is 0 Å². The Bertz CT molecular complexity index is 380. The van der Waals surface area contributed by atoms with Crippen LogP contribution in [0.15, 0.2) is 0 Å². The standard InChI is InChI=1S/C10H15N3O2S/c1-2-8-11-10(16-12-8)13-4-3-7(6-13)5-9(14)15/h7H,2-6H2,1H3,(H,14,15). The van der Waals surface area contributed by atoms with Crippen LogP contribution in [0, 0.1) is 5.92 Å². The molecular weight excluding hydrogens is 226 g/mol. The highest BCUT2D eigenvalue weighted by Crippen LogP contribution is 2.26. The molecule has 0 radical (unpaired) electrons. The van der Waals surface area contributed by atoms with Gasteiger partial charge in [-0.05, 0) is 12.3 Å². The Kier molecular flexibility index (Phi) is 3.38. The Balaban J connectivity index is 1.95. The topological polar surface area (TPSA) is 66.3 Å². The molecule has 1 aliphatic rings. The van der Waals surface area contributed by atoms with Crippen LogP contribution in [-0.4, -0.2) is 33.5 Å². The highest BCUT2D eigenvalue weighted by Gasteiger charge is 2.26. The van der Waals surface area contributed by atoms with E-state index in [0.29, 0.717) is 0 Å². The van der Waals surface area contributed by atoms with Gasteiger partial charge >= 0.3 is 5.97 Å². The van der Waals surface area contributed by atoms with Crippen molar-refractivity contribution < 1.29 is 9.90 Å². The number of carboxylic acids is 1. The van der Waals surface area contributed by atoms with Gasteiger partial charge in [0.15, 0.2) is 0 Å². The van der Waals surface area contributed by atoms with E-state index >= 15 is 0 Å². The average molecular weight is 241 g/mol. The van der Waals surface area contributed by atoms with Crippen molar-refractivity contribution in [3.8, 4) is 0 Å².